The number of carbonyl (C=O) groups excluding carboxylic acids is 1. The normalized spacial score (nSPS) is 22.4. The topological polar surface area (TPSA) is 78.4 Å². The summed E-state index contributed by atoms with van der Waals surface area (Å²) in [6, 6.07) is 0.264. The van der Waals surface area contributed by atoms with E-state index in [1.807, 2.05) is 0 Å². The van der Waals surface area contributed by atoms with Crippen molar-refractivity contribution in [3.05, 3.63) is 0 Å². The molecule has 1 aliphatic carbocycles. The van der Waals surface area contributed by atoms with Crippen molar-refractivity contribution < 1.29 is 14.7 Å². The molecule has 0 spiro atoms. The molecule has 0 heterocycles. The fourth-order valence-corrected chi connectivity index (χ4v) is 2.59. The largest absolute Gasteiger partial charge is 0.481 e. The molecule has 20 heavy (non-hydrogen) atoms. The first-order chi connectivity index (χ1) is 9.43. The Labute approximate surface area is 121 Å². The zero-order valence-electron chi connectivity index (χ0n) is 12.8. The quantitative estimate of drug-likeness (QED) is 0.609. The van der Waals surface area contributed by atoms with Crippen LogP contribution in [0.5, 0.6) is 0 Å². The van der Waals surface area contributed by atoms with Crippen molar-refractivity contribution in [1.29, 1.82) is 0 Å². The zero-order valence-corrected chi connectivity index (χ0v) is 12.8. The van der Waals surface area contributed by atoms with Gasteiger partial charge in [0.1, 0.15) is 0 Å². The zero-order chi connectivity index (χ0) is 15.1. The lowest BCUT2D eigenvalue weighted by molar-refractivity contribution is -0.137. The molecule has 1 fully saturated rings. The molecule has 3 N–H and O–H groups in total. The van der Waals surface area contributed by atoms with Crippen LogP contribution in [0.1, 0.15) is 52.9 Å². The minimum atomic E-state index is -0.749. The first-order valence-corrected chi connectivity index (χ1v) is 7.70. The smallest absolute Gasteiger partial charge is 0.315 e. The molecule has 0 aliphatic heterocycles. The number of aliphatic carboxylic acids is 1. The minimum absolute atomic E-state index is 0.0910. The summed E-state index contributed by atoms with van der Waals surface area (Å²) < 4.78 is 0. The van der Waals surface area contributed by atoms with Crippen molar-refractivity contribution in [1.82, 2.24) is 10.6 Å². The molecule has 0 radical (unpaired) electrons. The molecule has 3 atom stereocenters. The number of nitrogens with one attached hydrogen (secondary N) is 2. The molecule has 0 aromatic heterocycles. The van der Waals surface area contributed by atoms with Crippen molar-refractivity contribution >= 4 is 12.0 Å². The lowest BCUT2D eigenvalue weighted by Gasteiger charge is -2.20. The maximum Gasteiger partial charge on any atom is 0.315 e. The molecular weight excluding hydrogens is 256 g/mol. The number of hydrogen-bond acceptors (Lipinski definition) is 2. The second-order valence-electron chi connectivity index (χ2n) is 6.14. The van der Waals surface area contributed by atoms with Crippen molar-refractivity contribution in [2.75, 3.05) is 6.54 Å². The lowest BCUT2D eigenvalue weighted by atomic mass is 9.88. The third-order valence-corrected chi connectivity index (χ3v) is 4.24. The molecule has 3 unspecified atom stereocenters. The number of urea groups is 1. The second kappa shape index (κ2) is 8.12. The molecule has 116 valence electrons. The summed E-state index contributed by atoms with van der Waals surface area (Å²) in [7, 11) is 0. The Morgan fingerprint density at radius 1 is 1.30 bits per heavy atom. The number of carbonyl (C=O) groups is 2. The Hall–Kier alpha value is -1.26. The van der Waals surface area contributed by atoms with Crippen LogP contribution in [-0.2, 0) is 4.79 Å². The number of hydrogen-bond donors (Lipinski definition) is 3. The molecular formula is C15H28N2O3. The van der Waals surface area contributed by atoms with E-state index >= 15 is 0 Å². The highest BCUT2D eigenvalue weighted by Crippen LogP contribution is 2.32. The van der Waals surface area contributed by atoms with Crippen molar-refractivity contribution in [3.8, 4) is 0 Å². The predicted molar refractivity (Wildman–Crippen MR) is 78.5 cm³/mol. The minimum Gasteiger partial charge on any atom is -0.481 e. The first-order valence-electron chi connectivity index (χ1n) is 7.70. The van der Waals surface area contributed by atoms with Gasteiger partial charge in [-0.25, -0.2) is 4.79 Å². The average Bonchev–Trinajstić information content (AvgIpc) is 3.10. The Morgan fingerprint density at radius 3 is 2.50 bits per heavy atom. The van der Waals surface area contributed by atoms with E-state index in [0.29, 0.717) is 36.8 Å². The van der Waals surface area contributed by atoms with Gasteiger partial charge >= 0.3 is 12.0 Å². The van der Waals surface area contributed by atoms with Crippen molar-refractivity contribution in [2.45, 2.75) is 58.9 Å². The maximum absolute atomic E-state index is 11.7. The van der Waals surface area contributed by atoms with Gasteiger partial charge in [-0.05, 0) is 37.0 Å². The Balaban J connectivity index is 2.16. The molecule has 5 nitrogen and oxygen atoms in total. The predicted octanol–water partition coefficient (Wildman–Crippen LogP) is 2.61. The van der Waals surface area contributed by atoms with Gasteiger partial charge < -0.3 is 15.7 Å². The summed E-state index contributed by atoms with van der Waals surface area (Å²) in [4.78, 5) is 22.3. The first kappa shape index (κ1) is 16.8. The van der Waals surface area contributed by atoms with Crippen LogP contribution < -0.4 is 10.6 Å². The fourth-order valence-electron chi connectivity index (χ4n) is 2.59. The van der Waals surface area contributed by atoms with Gasteiger partial charge in [0.2, 0.25) is 0 Å². The van der Waals surface area contributed by atoms with E-state index in [9.17, 15) is 9.59 Å². The van der Waals surface area contributed by atoms with E-state index in [4.69, 9.17) is 5.11 Å². The molecule has 1 saturated carbocycles. The molecule has 0 saturated heterocycles. The highest BCUT2D eigenvalue weighted by molar-refractivity contribution is 5.74. The van der Waals surface area contributed by atoms with Gasteiger partial charge in [0.05, 0.1) is 0 Å². The number of rotatable bonds is 9. The molecule has 0 aromatic rings. The van der Waals surface area contributed by atoms with Crippen LogP contribution in [0.25, 0.3) is 0 Å². The summed E-state index contributed by atoms with van der Waals surface area (Å²) in [6.07, 6.45) is 3.93. The second-order valence-corrected chi connectivity index (χ2v) is 6.14. The SMILES string of the molecule is CCC1CC1NC(=O)NCCC(CCC(=O)O)C(C)C. The molecule has 0 bridgehead atoms. The molecule has 1 rings (SSSR count). The van der Waals surface area contributed by atoms with Gasteiger partial charge in [0, 0.05) is 19.0 Å². The summed E-state index contributed by atoms with van der Waals surface area (Å²) in [6.45, 7) is 6.95. The third kappa shape index (κ3) is 6.26. The lowest BCUT2D eigenvalue weighted by Crippen LogP contribution is -2.38. The van der Waals surface area contributed by atoms with Gasteiger partial charge in [-0.2, -0.15) is 0 Å². The van der Waals surface area contributed by atoms with Crippen LogP contribution in [0, 0.1) is 17.8 Å². The van der Waals surface area contributed by atoms with E-state index < -0.39 is 5.97 Å². The van der Waals surface area contributed by atoms with Crippen LogP contribution in [0.2, 0.25) is 0 Å². The Bertz CT molecular complexity index is 331. The van der Waals surface area contributed by atoms with Crippen LogP contribution in [0.3, 0.4) is 0 Å². The van der Waals surface area contributed by atoms with Crippen molar-refractivity contribution in [3.63, 3.8) is 0 Å². The van der Waals surface area contributed by atoms with Crippen LogP contribution in [0.15, 0.2) is 0 Å². The monoisotopic (exact) mass is 284 g/mol. The Morgan fingerprint density at radius 2 is 2.00 bits per heavy atom. The van der Waals surface area contributed by atoms with Gasteiger partial charge in [-0.1, -0.05) is 27.2 Å². The van der Waals surface area contributed by atoms with Crippen LogP contribution in [-0.4, -0.2) is 29.7 Å². The van der Waals surface area contributed by atoms with Gasteiger partial charge in [-0.3, -0.25) is 4.79 Å². The van der Waals surface area contributed by atoms with Gasteiger partial charge in [0.25, 0.3) is 0 Å². The highest BCUT2D eigenvalue weighted by Gasteiger charge is 2.36. The van der Waals surface area contributed by atoms with E-state index in [1.54, 1.807) is 0 Å². The average molecular weight is 284 g/mol. The summed E-state index contributed by atoms with van der Waals surface area (Å²) in [5, 5.41) is 14.6. The van der Waals surface area contributed by atoms with E-state index in [1.165, 1.54) is 0 Å². The summed E-state index contributed by atoms with van der Waals surface area (Å²) in [5.41, 5.74) is 0. The van der Waals surface area contributed by atoms with Crippen LogP contribution >= 0.6 is 0 Å². The number of carboxylic acids is 1. The summed E-state index contributed by atoms with van der Waals surface area (Å²) in [5.74, 6) is 0.684. The van der Waals surface area contributed by atoms with Gasteiger partial charge in [0.15, 0.2) is 0 Å². The highest BCUT2D eigenvalue weighted by atomic mass is 16.4. The van der Waals surface area contributed by atoms with Crippen molar-refractivity contribution in [2.24, 2.45) is 17.8 Å². The Kier molecular flexibility index (Phi) is 6.82. The molecule has 0 aromatic carbocycles. The van der Waals surface area contributed by atoms with Gasteiger partial charge in [-0.15, -0.1) is 0 Å². The maximum atomic E-state index is 11.7. The fraction of sp³-hybridized carbons (Fsp3) is 0.867. The molecule has 5 heteroatoms. The van der Waals surface area contributed by atoms with Crippen LogP contribution in [0.4, 0.5) is 4.79 Å². The third-order valence-electron chi connectivity index (χ3n) is 4.24. The number of amides is 2. The van der Waals surface area contributed by atoms with E-state index in [2.05, 4.69) is 31.4 Å². The standard InChI is InChI=1S/C15H28N2O3/c1-4-11-9-13(11)17-15(20)16-8-7-12(10(2)3)5-6-14(18)19/h10-13H,4-9H2,1-3H3,(H,18,19)(H2,16,17,20). The summed E-state index contributed by atoms with van der Waals surface area (Å²) >= 11 is 0. The van der Waals surface area contributed by atoms with E-state index in [-0.39, 0.29) is 12.5 Å². The number of carboxylic acid groups (broad SMARTS) is 1. The molecule has 1 aliphatic rings. The van der Waals surface area contributed by atoms with E-state index in [0.717, 1.165) is 19.3 Å². The molecule has 2 amide bonds.